The molecular weight excluding hydrogens is 298 g/mol. The Labute approximate surface area is 142 Å². The van der Waals surface area contributed by atoms with Crippen molar-refractivity contribution in [2.24, 2.45) is 5.92 Å². The Morgan fingerprint density at radius 2 is 1.79 bits per heavy atom. The Morgan fingerprint density at radius 1 is 0.958 bits per heavy atom. The number of aromatic nitrogens is 1. The van der Waals surface area contributed by atoms with Crippen LogP contribution in [-0.2, 0) is 17.9 Å². The van der Waals surface area contributed by atoms with Crippen molar-refractivity contribution in [1.82, 2.24) is 4.57 Å². The molecule has 0 radical (unpaired) electrons. The van der Waals surface area contributed by atoms with Crippen LogP contribution in [0.25, 0.3) is 10.9 Å². The third-order valence-electron chi connectivity index (χ3n) is 4.78. The van der Waals surface area contributed by atoms with Crippen LogP contribution in [0.4, 0.5) is 0 Å². The van der Waals surface area contributed by atoms with Crippen molar-refractivity contribution < 1.29 is 9.47 Å². The van der Waals surface area contributed by atoms with Gasteiger partial charge in [-0.25, -0.2) is 0 Å². The summed E-state index contributed by atoms with van der Waals surface area (Å²) in [6.07, 6.45) is 4.48. The zero-order valence-corrected chi connectivity index (χ0v) is 13.9. The van der Waals surface area contributed by atoms with Gasteiger partial charge in [0, 0.05) is 31.3 Å². The summed E-state index contributed by atoms with van der Waals surface area (Å²) in [5.74, 6) is 1.66. The molecule has 0 bridgehead atoms. The maximum atomic E-state index is 6.15. The molecule has 0 aliphatic carbocycles. The normalized spacial score (nSPS) is 15.7. The molecule has 1 aliphatic heterocycles. The molecule has 0 atom stereocenters. The first-order valence-electron chi connectivity index (χ1n) is 8.72. The zero-order valence-electron chi connectivity index (χ0n) is 13.9. The summed E-state index contributed by atoms with van der Waals surface area (Å²) in [6.45, 7) is 3.42. The quantitative estimate of drug-likeness (QED) is 0.683. The molecule has 3 heteroatoms. The van der Waals surface area contributed by atoms with Crippen LogP contribution in [0, 0.1) is 5.92 Å². The number of para-hydroxylation sites is 1. The largest absolute Gasteiger partial charge is 0.487 e. The standard InChI is InChI=1S/C21H23NO2/c1-2-5-18(6-3-1)16-24-20-8-4-7-19-9-12-22(21(19)20)15-17-10-13-23-14-11-17/h1-9,12,17H,10-11,13-16H2. The Balaban J connectivity index is 1.57. The molecule has 0 unspecified atom stereocenters. The van der Waals surface area contributed by atoms with Crippen molar-refractivity contribution >= 4 is 10.9 Å². The van der Waals surface area contributed by atoms with E-state index in [-0.39, 0.29) is 0 Å². The van der Waals surface area contributed by atoms with Crippen molar-refractivity contribution in [2.45, 2.75) is 26.0 Å². The molecule has 1 fully saturated rings. The zero-order chi connectivity index (χ0) is 16.2. The summed E-state index contributed by atoms with van der Waals surface area (Å²) in [4.78, 5) is 0. The number of benzene rings is 2. The molecule has 3 aromatic rings. The van der Waals surface area contributed by atoms with E-state index in [1.807, 2.05) is 18.2 Å². The lowest BCUT2D eigenvalue weighted by Crippen LogP contribution is -2.20. The lowest BCUT2D eigenvalue weighted by atomic mass is 10.0. The van der Waals surface area contributed by atoms with Crippen LogP contribution in [0.2, 0.25) is 0 Å². The second kappa shape index (κ2) is 7.10. The summed E-state index contributed by atoms with van der Waals surface area (Å²) < 4.78 is 14.0. The third kappa shape index (κ3) is 3.31. The summed E-state index contributed by atoms with van der Waals surface area (Å²) in [5.41, 5.74) is 2.40. The van der Waals surface area contributed by atoms with E-state index in [2.05, 4.69) is 47.2 Å². The van der Waals surface area contributed by atoms with Gasteiger partial charge >= 0.3 is 0 Å². The molecule has 3 nitrogen and oxygen atoms in total. The maximum absolute atomic E-state index is 6.15. The first-order valence-corrected chi connectivity index (χ1v) is 8.72. The van der Waals surface area contributed by atoms with Crippen molar-refractivity contribution in [2.75, 3.05) is 13.2 Å². The SMILES string of the molecule is c1ccc(COc2cccc3ccn(CC4CCOCC4)c23)cc1. The minimum Gasteiger partial charge on any atom is -0.487 e. The van der Waals surface area contributed by atoms with Crippen LogP contribution in [0.3, 0.4) is 0 Å². The van der Waals surface area contributed by atoms with Gasteiger partial charge in [-0.05, 0) is 36.5 Å². The monoisotopic (exact) mass is 321 g/mol. The van der Waals surface area contributed by atoms with E-state index in [1.54, 1.807) is 0 Å². The minimum absolute atomic E-state index is 0.600. The number of fused-ring (bicyclic) bond motifs is 1. The fourth-order valence-corrected chi connectivity index (χ4v) is 3.44. The van der Waals surface area contributed by atoms with E-state index in [4.69, 9.17) is 9.47 Å². The van der Waals surface area contributed by atoms with Gasteiger partial charge in [0.05, 0.1) is 5.52 Å². The van der Waals surface area contributed by atoms with Crippen molar-refractivity contribution in [1.29, 1.82) is 0 Å². The smallest absolute Gasteiger partial charge is 0.144 e. The highest BCUT2D eigenvalue weighted by molar-refractivity contribution is 5.86. The molecule has 124 valence electrons. The van der Waals surface area contributed by atoms with E-state index in [9.17, 15) is 0 Å². The summed E-state index contributed by atoms with van der Waals surface area (Å²) in [5, 5.41) is 1.24. The highest BCUT2D eigenvalue weighted by atomic mass is 16.5. The van der Waals surface area contributed by atoms with E-state index in [0.717, 1.165) is 38.3 Å². The maximum Gasteiger partial charge on any atom is 0.144 e. The third-order valence-corrected chi connectivity index (χ3v) is 4.78. The predicted octanol–water partition coefficient (Wildman–Crippen LogP) is 4.65. The molecule has 1 aromatic heterocycles. The van der Waals surface area contributed by atoms with Crippen LogP contribution in [-0.4, -0.2) is 17.8 Å². The fraction of sp³-hybridized carbons (Fsp3) is 0.333. The molecule has 0 spiro atoms. The molecule has 2 heterocycles. The van der Waals surface area contributed by atoms with Gasteiger partial charge in [0.1, 0.15) is 12.4 Å². The van der Waals surface area contributed by atoms with Gasteiger partial charge in [0.15, 0.2) is 0 Å². The minimum atomic E-state index is 0.600. The summed E-state index contributed by atoms with van der Waals surface area (Å²) >= 11 is 0. The molecule has 0 N–H and O–H groups in total. The van der Waals surface area contributed by atoms with Crippen LogP contribution in [0.5, 0.6) is 5.75 Å². The Morgan fingerprint density at radius 3 is 2.62 bits per heavy atom. The molecule has 1 saturated heterocycles. The average molecular weight is 321 g/mol. The van der Waals surface area contributed by atoms with E-state index in [0.29, 0.717) is 12.5 Å². The Kier molecular flexibility index (Phi) is 4.52. The number of hydrogen-bond acceptors (Lipinski definition) is 2. The first-order chi connectivity index (χ1) is 11.9. The van der Waals surface area contributed by atoms with Crippen LogP contribution < -0.4 is 4.74 Å². The molecule has 4 rings (SSSR count). The molecule has 0 amide bonds. The van der Waals surface area contributed by atoms with Gasteiger partial charge in [-0.15, -0.1) is 0 Å². The topological polar surface area (TPSA) is 23.4 Å². The average Bonchev–Trinajstić information content (AvgIpc) is 3.05. The van der Waals surface area contributed by atoms with E-state index >= 15 is 0 Å². The first kappa shape index (κ1) is 15.3. The number of nitrogens with zero attached hydrogens (tertiary/aromatic N) is 1. The number of ether oxygens (including phenoxy) is 2. The molecular formula is C21H23NO2. The van der Waals surface area contributed by atoms with Gasteiger partial charge in [-0.1, -0.05) is 42.5 Å². The van der Waals surface area contributed by atoms with Gasteiger partial charge in [0.25, 0.3) is 0 Å². The Hall–Kier alpha value is -2.26. The second-order valence-electron chi connectivity index (χ2n) is 6.49. The lowest BCUT2D eigenvalue weighted by molar-refractivity contribution is 0.0616. The van der Waals surface area contributed by atoms with Gasteiger partial charge in [-0.3, -0.25) is 0 Å². The van der Waals surface area contributed by atoms with Crippen LogP contribution >= 0.6 is 0 Å². The molecule has 0 saturated carbocycles. The lowest BCUT2D eigenvalue weighted by Gasteiger charge is -2.23. The van der Waals surface area contributed by atoms with Crippen molar-refractivity contribution in [3.8, 4) is 5.75 Å². The Bertz CT molecular complexity index is 788. The van der Waals surface area contributed by atoms with Crippen LogP contribution in [0.1, 0.15) is 18.4 Å². The van der Waals surface area contributed by atoms with Gasteiger partial charge in [0.2, 0.25) is 0 Å². The van der Waals surface area contributed by atoms with E-state index < -0.39 is 0 Å². The summed E-state index contributed by atoms with van der Waals surface area (Å²) in [7, 11) is 0. The second-order valence-corrected chi connectivity index (χ2v) is 6.49. The van der Waals surface area contributed by atoms with E-state index in [1.165, 1.54) is 16.5 Å². The molecule has 1 aliphatic rings. The molecule has 2 aromatic carbocycles. The molecule has 24 heavy (non-hydrogen) atoms. The highest BCUT2D eigenvalue weighted by Gasteiger charge is 2.16. The number of hydrogen-bond donors (Lipinski definition) is 0. The predicted molar refractivity (Wildman–Crippen MR) is 96.3 cm³/mol. The fourth-order valence-electron chi connectivity index (χ4n) is 3.44. The van der Waals surface area contributed by atoms with Gasteiger partial charge < -0.3 is 14.0 Å². The number of rotatable bonds is 5. The van der Waals surface area contributed by atoms with Crippen molar-refractivity contribution in [3.63, 3.8) is 0 Å². The van der Waals surface area contributed by atoms with Crippen LogP contribution in [0.15, 0.2) is 60.8 Å². The highest BCUT2D eigenvalue weighted by Crippen LogP contribution is 2.29. The van der Waals surface area contributed by atoms with Crippen molar-refractivity contribution in [3.05, 3.63) is 66.4 Å². The van der Waals surface area contributed by atoms with Gasteiger partial charge in [-0.2, -0.15) is 0 Å². The summed E-state index contributed by atoms with van der Waals surface area (Å²) in [6, 6.07) is 18.8.